The fraction of sp³-hybridized carbons (Fsp3) is 0.409. The first-order chi connectivity index (χ1) is 12.7. The maximum absolute atomic E-state index is 12.5. The van der Waals surface area contributed by atoms with E-state index in [1.807, 2.05) is 30.3 Å². The normalized spacial score (nSPS) is 19.8. The van der Waals surface area contributed by atoms with Gasteiger partial charge in [0, 0.05) is 23.8 Å². The Labute approximate surface area is 155 Å². The second kappa shape index (κ2) is 8.86. The summed E-state index contributed by atoms with van der Waals surface area (Å²) in [4.78, 5) is 12.5. The van der Waals surface area contributed by atoms with E-state index in [2.05, 4.69) is 35.8 Å². The van der Waals surface area contributed by atoms with E-state index in [9.17, 15) is 9.90 Å². The summed E-state index contributed by atoms with van der Waals surface area (Å²) < 4.78 is 0. The summed E-state index contributed by atoms with van der Waals surface area (Å²) in [6.07, 6.45) is 4.02. The maximum Gasteiger partial charge on any atom is 0.251 e. The van der Waals surface area contributed by atoms with E-state index in [0.717, 1.165) is 43.4 Å². The highest BCUT2D eigenvalue weighted by Gasteiger charge is 2.21. The van der Waals surface area contributed by atoms with Gasteiger partial charge in [-0.3, -0.25) is 4.79 Å². The van der Waals surface area contributed by atoms with Crippen LogP contribution in [0.4, 0.5) is 5.69 Å². The fourth-order valence-corrected chi connectivity index (χ4v) is 3.51. The number of para-hydroxylation sites is 1. The van der Waals surface area contributed by atoms with E-state index >= 15 is 0 Å². The van der Waals surface area contributed by atoms with Crippen LogP contribution in [0.25, 0.3) is 0 Å². The summed E-state index contributed by atoms with van der Waals surface area (Å²) in [6, 6.07) is 16.3. The van der Waals surface area contributed by atoms with Gasteiger partial charge in [0.05, 0.1) is 6.10 Å². The molecule has 1 fully saturated rings. The second-order valence-electron chi connectivity index (χ2n) is 7.04. The van der Waals surface area contributed by atoms with Crippen molar-refractivity contribution in [2.75, 3.05) is 5.32 Å². The van der Waals surface area contributed by atoms with Crippen molar-refractivity contribution in [2.24, 2.45) is 0 Å². The molecule has 26 heavy (non-hydrogen) atoms. The molecule has 1 saturated carbocycles. The van der Waals surface area contributed by atoms with Gasteiger partial charge in [-0.05, 0) is 61.4 Å². The standard InChI is InChI=1S/C22H28N2O2/c1-2-17-7-3-4-9-21(17)23-15-16-6-5-8-18(14-16)22(26)24-19-10-12-20(25)13-11-19/h3-9,14,19-20,23,25H,2,10-13,15H2,1H3,(H,24,26). The molecule has 4 nitrogen and oxygen atoms in total. The molecule has 4 heteroatoms. The Kier molecular flexibility index (Phi) is 6.29. The lowest BCUT2D eigenvalue weighted by atomic mass is 9.93. The smallest absolute Gasteiger partial charge is 0.251 e. The number of aryl methyl sites for hydroxylation is 1. The van der Waals surface area contributed by atoms with Gasteiger partial charge in [0.1, 0.15) is 0 Å². The molecular formula is C22H28N2O2. The molecule has 1 aliphatic rings. The van der Waals surface area contributed by atoms with E-state index in [4.69, 9.17) is 0 Å². The van der Waals surface area contributed by atoms with Crippen LogP contribution in [0.5, 0.6) is 0 Å². The van der Waals surface area contributed by atoms with Crippen LogP contribution in [0.2, 0.25) is 0 Å². The van der Waals surface area contributed by atoms with Gasteiger partial charge >= 0.3 is 0 Å². The lowest BCUT2D eigenvalue weighted by Gasteiger charge is -2.26. The number of aliphatic hydroxyl groups excluding tert-OH is 1. The molecule has 2 aromatic rings. The predicted octanol–water partition coefficient (Wildman–Crippen LogP) is 3.89. The molecule has 2 aromatic carbocycles. The van der Waals surface area contributed by atoms with Gasteiger partial charge in [-0.15, -0.1) is 0 Å². The maximum atomic E-state index is 12.5. The Balaban J connectivity index is 1.60. The van der Waals surface area contributed by atoms with Crippen LogP contribution in [0, 0.1) is 0 Å². The first kappa shape index (κ1) is 18.5. The van der Waals surface area contributed by atoms with Crippen LogP contribution < -0.4 is 10.6 Å². The lowest BCUT2D eigenvalue weighted by molar-refractivity contribution is 0.0867. The van der Waals surface area contributed by atoms with Crippen LogP contribution >= 0.6 is 0 Å². The zero-order valence-electron chi connectivity index (χ0n) is 15.4. The Morgan fingerprint density at radius 3 is 2.62 bits per heavy atom. The van der Waals surface area contributed by atoms with Crippen molar-refractivity contribution in [3.05, 3.63) is 65.2 Å². The zero-order chi connectivity index (χ0) is 18.4. The Morgan fingerprint density at radius 1 is 1.08 bits per heavy atom. The van der Waals surface area contributed by atoms with E-state index in [0.29, 0.717) is 12.1 Å². The summed E-state index contributed by atoms with van der Waals surface area (Å²) in [5.41, 5.74) is 4.22. The van der Waals surface area contributed by atoms with Gasteiger partial charge in [-0.2, -0.15) is 0 Å². The molecule has 0 spiro atoms. The monoisotopic (exact) mass is 352 g/mol. The summed E-state index contributed by atoms with van der Waals surface area (Å²) in [5.74, 6) is -0.0257. The third kappa shape index (κ3) is 4.85. The number of hydrogen-bond acceptors (Lipinski definition) is 3. The van der Waals surface area contributed by atoms with E-state index in [1.165, 1.54) is 5.56 Å². The number of benzene rings is 2. The third-order valence-corrected chi connectivity index (χ3v) is 5.10. The van der Waals surface area contributed by atoms with Crippen LogP contribution in [0.15, 0.2) is 48.5 Å². The number of aliphatic hydroxyl groups is 1. The summed E-state index contributed by atoms with van der Waals surface area (Å²) in [7, 11) is 0. The Bertz CT molecular complexity index is 736. The first-order valence-corrected chi connectivity index (χ1v) is 9.55. The Morgan fingerprint density at radius 2 is 1.85 bits per heavy atom. The molecule has 0 aliphatic heterocycles. The second-order valence-corrected chi connectivity index (χ2v) is 7.04. The molecule has 3 N–H and O–H groups in total. The van der Waals surface area contributed by atoms with E-state index in [1.54, 1.807) is 0 Å². The van der Waals surface area contributed by atoms with Crippen molar-refractivity contribution < 1.29 is 9.90 Å². The van der Waals surface area contributed by atoms with Crippen molar-refractivity contribution in [3.63, 3.8) is 0 Å². The van der Waals surface area contributed by atoms with Crippen molar-refractivity contribution in [2.45, 2.75) is 57.7 Å². The number of carbonyl (C=O) groups is 1. The first-order valence-electron chi connectivity index (χ1n) is 9.55. The molecule has 3 rings (SSSR count). The summed E-state index contributed by atoms with van der Waals surface area (Å²) >= 11 is 0. The van der Waals surface area contributed by atoms with Crippen LogP contribution in [0.1, 0.15) is 54.1 Å². The number of nitrogens with one attached hydrogen (secondary N) is 2. The average molecular weight is 352 g/mol. The van der Waals surface area contributed by atoms with Crippen molar-refractivity contribution in [1.29, 1.82) is 0 Å². The zero-order valence-corrected chi connectivity index (χ0v) is 15.4. The molecule has 138 valence electrons. The quantitative estimate of drug-likeness (QED) is 0.739. The van der Waals surface area contributed by atoms with Gasteiger partial charge in [0.15, 0.2) is 0 Å². The van der Waals surface area contributed by atoms with Crippen LogP contribution in [-0.4, -0.2) is 23.2 Å². The van der Waals surface area contributed by atoms with Crippen molar-refractivity contribution in [3.8, 4) is 0 Å². The van der Waals surface area contributed by atoms with Gasteiger partial charge in [-0.1, -0.05) is 37.3 Å². The topological polar surface area (TPSA) is 61.4 Å². The van der Waals surface area contributed by atoms with Gasteiger partial charge in [0.25, 0.3) is 5.91 Å². The lowest BCUT2D eigenvalue weighted by Crippen LogP contribution is -2.38. The molecule has 0 aromatic heterocycles. The Hall–Kier alpha value is -2.33. The van der Waals surface area contributed by atoms with E-state index < -0.39 is 0 Å². The summed E-state index contributed by atoms with van der Waals surface area (Å²) in [5, 5.41) is 16.2. The molecule has 0 bridgehead atoms. The number of amides is 1. The third-order valence-electron chi connectivity index (χ3n) is 5.10. The number of anilines is 1. The molecule has 1 aliphatic carbocycles. The van der Waals surface area contributed by atoms with Crippen molar-refractivity contribution >= 4 is 11.6 Å². The fourth-order valence-electron chi connectivity index (χ4n) is 3.51. The molecule has 0 atom stereocenters. The molecule has 1 amide bonds. The van der Waals surface area contributed by atoms with E-state index in [-0.39, 0.29) is 18.1 Å². The van der Waals surface area contributed by atoms with Gasteiger partial charge in [-0.25, -0.2) is 0 Å². The predicted molar refractivity (Wildman–Crippen MR) is 105 cm³/mol. The van der Waals surface area contributed by atoms with Crippen LogP contribution in [-0.2, 0) is 13.0 Å². The number of rotatable bonds is 6. The average Bonchev–Trinajstić information content (AvgIpc) is 2.68. The van der Waals surface area contributed by atoms with Crippen molar-refractivity contribution in [1.82, 2.24) is 5.32 Å². The molecular weight excluding hydrogens is 324 g/mol. The molecule has 0 radical (unpaired) electrons. The minimum atomic E-state index is -0.205. The van der Waals surface area contributed by atoms with Crippen LogP contribution in [0.3, 0.4) is 0 Å². The highest BCUT2D eigenvalue weighted by atomic mass is 16.3. The molecule has 0 heterocycles. The summed E-state index contributed by atoms with van der Waals surface area (Å²) in [6.45, 7) is 2.84. The largest absolute Gasteiger partial charge is 0.393 e. The minimum Gasteiger partial charge on any atom is -0.393 e. The molecule has 0 saturated heterocycles. The van der Waals surface area contributed by atoms with Gasteiger partial charge in [0.2, 0.25) is 0 Å². The van der Waals surface area contributed by atoms with Gasteiger partial charge < -0.3 is 15.7 Å². The number of carbonyl (C=O) groups excluding carboxylic acids is 1. The molecule has 0 unspecified atom stereocenters. The number of hydrogen-bond donors (Lipinski definition) is 3. The highest BCUT2D eigenvalue weighted by Crippen LogP contribution is 2.19. The SMILES string of the molecule is CCc1ccccc1NCc1cccc(C(=O)NC2CCC(O)CC2)c1. The minimum absolute atomic E-state index is 0.0257. The highest BCUT2D eigenvalue weighted by molar-refractivity contribution is 5.94.